The largest absolute Gasteiger partial charge is 0.464 e. The van der Waals surface area contributed by atoms with Gasteiger partial charge in [-0.05, 0) is 36.4 Å². The van der Waals surface area contributed by atoms with Crippen molar-refractivity contribution in [2.75, 3.05) is 0 Å². The zero-order valence-corrected chi connectivity index (χ0v) is 8.59. The second-order valence-electron chi connectivity index (χ2n) is 3.54. The minimum absolute atomic E-state index is 0.820. The summed E-state index contributed by atoms with van der Waals surface area (Å²) in [4.78, 5) is 0. The monoisotopic (exact) mass is 210 g/mol. The Labute approximate surface area is 93.1 Å². The van der Waals surface area contributed by atoms with E-state index < -0.39 is 0 Å². The number of rotatable bonds is 2. The number of benzene rings is 2. The highest BCUT2D eigenvalue weighted by molar-refractivity contribution is 5.78. The highest BCUT2D eigenvalue weighted by atomic mass is 16.5. The summed E-state index contributed by atoms with van der Waals surface area (Å²) < 4.78 is 11.0. The van der Waals surface area contributed by atoms with E-state index in [2.05, 4.69) is 0 Å². The maximum Gasteiger partial charge on any atom is 0.134 e. The first-order valence-electron chi connectivity index (χ1n) is 5.12. The van der Waals surface area contributed by atoms with Gasteiger partial charge in [0.15, 0.2) is 0 Å². The number of hydrogen-bond acceptors (Lipinski definition) is 2. The number of fused-ring (bicyclic) bond motifs is 1. The SMILES string of the molecule is c1ccc(Oc2ccc3occc3c2)cc1. The van der Waals surface area contributed by atoms with Crippen LogP contribution >= 0.6 is 0 Å². The summed E-state index contributed by atoms with van der Waals surface area (Å²) in [6.07, 6.45) is 1.68. The van der Waals surface area contributed by atoms with Gasteiger partial charge >= 0.3 is 0 Å². The van der Waals surface area contributed by atoms with Gasteiger partial charge in [0.2, 0.25) is 0 Å². The molecule has 78 valence electrons. The zero-order chi connectivity index (χ0) is 10.8. The lowest BCUT2D eigenvalue weighted by Gasteiger charge is -2.04. The van der Waals surface area contributed by atoms with Crippen molar-refractivity contribution in [2.45, 2.75) is 0 Å². The Bertz CT molecular complexity index is 596. The highest BCUT2D eigenvalue weighted by Crippen LogP contribution is 2.25. The summed E-state index contributed by atoms with van der Waals surface area (Å²) in [5, 5.41) is 1.05. The molecule has 0 bridgehead atoms. The summed E-state index contributed by atoms with van der Waals surface area (Å²) in [6, 6.07) is 17.4. The van der Waals surface area contributed by atoms with Gasteiger partial charge in [-0.15, -0.1) is 0 Å². The average molecular weight is 210 g/mol. The number of para-hydroxylation sites is 1. The van der Waals surface area contributed by atoms with Crippen molar-refractivity contribution < 1.29 is 9.15 Å². The predicted octanol–water partition coefficient (Wildman–Crippen LogP) is 4.23. The highest BCUT2D eigenvalue weighted by Gasteiger charge is 2.00. The van der Waals surface area contributed by atoms with Crippen LogP contribution in [0.5, 0.6) is 11.5 Å². The molecular formula is C14H10O2. The molecule has 0 atom stereocenters. The lowest BCUT2D eigenvalue weighted by molar-refractivity contribution is 0.483. The number of furan rings is 1. The van der Waals surface area contributed by atoms with E-state index in [-0.39, 0.29) is 0 Å². The van der Waals surface area contributed by atoms with Crippen molar-refractivity contribution in [3.8, 4) is 11.5 Å². The maximum absolute atomic E-state index is 5.71. The summed E-state index contributed by atoms with van der Waals surface area (Å²) >= 11 is 0. The Kier molecular flexibility index (Phi) is 2.11. The van der Waals surface area contributed by atoms with E-state index >= 15 is 0 Å². The van der Waals surface area contributed by atoms with Crippen molar-refractivity contribution in [3.05, 3.63) is 60.9 Å². The molecule has 0 unspecified atom stereocenters. The second kappa shape index (κ2) is 3.74. The predicted molar refractivity (Wildman–Crippen MR) is 62.7 cm³/mol. The van der Waals surface area contributed by atoms with Gasteiger partial charge in [0.25, 0.3) is 0 Å². The topological polar surface area (TPSA) is 22.4 Å². The van der Waals surface area contributed by atoms with Gasteiger partial charge in [-0.2, -0.15) is 0 Å². The standard InChI is InChI=1S/C14H10O2/c1-2-4-12(5-3-1)16-13-6-7-14-11(10-13)8-9-15-14/h1-10H. The molecule has 16 heavy (non-hydrogen) atoms. The van der Waals surface area contributed by atoms with Gasteiger partial charge in [-0.3, -0.25) is 0 Å². The van der Waals surface area contributed by atoms with Gasteiger partial charge in [0, 0.05) is 5.39 Å². The Morgan fingerprint density at radius 2 is 1.69 bits per heavy atom. The second-order valence-corrected chi connectivity index (χ2v) is 3.54. The molecule has 0 aliphatic heterocycles. The summed E-state index contributed by atoms with van der Waals surface area (Å²) in [5.41, 5.74) is 0.875. The molecule has 3 aromatic rings. The fourth-order valence-corrected chi connectivity index (χ4v) is 1.63. The minimum atomic E-state index is 0.820. The molecule has 2 nitrogen and oxygen atoms in total. The molecular weight excluding hydrogens is 200 g/mol. The smallest absolute Gasteiger partial charge is 0.134 e. The van der Waals surface area contributed by atoms with Crippen molar-refractivity contribution >= 4 is 11.0 Å². The van der Waals surface area contributed by atoms with E-state index in [4.69, 9.17) is 9.15 Å². The molecule has 0 saturated heterocycles. The quantitative estimate of drug-likeness (QED) is 0.631. The first-order valence-corrected chi connectivity index (χ1v) is 5.12. The number of hydrogen-bond donors (Lipinski definition) is 0. The molecule has 2 aromatic carbocycles. The fourth-order valence-electron chi connectivity index (χ4n) is 1.63. The van der Waals surface area contributed by atoms with Crippen molar-refractivity contribution in [2.24, 2.45) is 0 Å². The summed E-state index contributed by atoms with van der Waals surface area (Å²) in [6.45, 7) is 0. The number of ether oxygens (including phenoxy) is 1. The van der Waals surface area contributed by atoms with Crippen LogP contribution in [-0.2, 0) is 0 Å². The zero-order valence-electron chi connectivity index (χ0n) is 8.59. The Hall–Kier alpha value is -2.22. The van der Waals surface area contributed by atoms with Crippen LogP contribution in [0.25, 0.3) is 11.0 Å². The van der Waals surface area contributed by atoms with Crippen LogP contribution in [0.4, 0.5) is 0 Å². The van der Waals surface area contributed by atoms with Crippen LogP contribution in [0.15, 0.2) is 65.3 Å². The van der Waals surface area contributed by atoms with E-state index in [0.29, 0.717) is 0 Å². The van der Waals surface area contributed by atoms with Gasteiger partial charge < -0.3 is 9.15 Å². The van der Waals surface area contributed by atoms with Crippen LogP contribution in [0.3, 0.4) is 0 Å². The molecule has 1 heterocycles. The minimum Gasteiger partial charge on any atom is -0.464 e. The van der Waals surface area contributed by atoms with E-state index in [1.54, 1.807) is 6.26 Å². The molecule has 0 fully saturated rings. The van der Waals surface area contributed by atoms with E-state index in [0.717, 1.165) is 22.5 Å². The molecule has 0 N–H and O–H groups in total. The molecule has 0 saturated carbocycles. The van der Waals surface area contributed by atoms with E-state index in [1.807, 2.05) is 54.6 Å². The van der Waals surface area contributed by atoms with Gasteiger partial charge in [0.1, 0.15) is 17.1 Å². The summed E-state index contributed by atoms with van der Waals surface area (Å²) in [7, 11) is 0. The molecule has 0 spiro atoms. The molecule has 0 aliphatic rings. The average Bonchev–Trinajstić information content (AvgIpc) is 2.77. The molecule has 0 radical (unpaired) electrons. The Morgan fingerprint density at radius 1 is 0.812 bits per heavy atom. The molecule has 0 aliphatic carbocycles. The van der Waals surface area contributed by atoms with Gasteiger partial charge in [-0.1, -0.05) is 18.2 Å². The van der Waals surface area contributed by atoms with Crippen molar-refractivity contribution in [3.63, 3.8) is 0 Å². The maximum atomic E-state index is 5.71. The first kappa shape index (κ1) is 9.04. The third kappa shape index (κ3) is 1.65. The van der Waals surface area contributed by atoms with Gasteiger partial charge in [-0.25, -0.2) is 0 Å². The van der Waals surface area contributed by atoms with Crippen molar-refractivity contribution in [1.82, 2.24) is 0 Å². The molecule has 1 aromatic heterocycles. The molecule has 2 heteroatoms. The Morgan fingerprint density at radius 3 is 2.56 bits per heavy atom. The normalized spacial score (nSPS) is 10.5. The van der Waals surface area contributed by atoms with Crippen LogP contribution < -0.4 is 4.74 Å². The first-order chi connectivity index (χ1) is 7.92. The third-order valence-corrected chi connectivity index (χ3v) is 2.40. The third-order valence-electron chi connectivity index (χ3n) is 2.40. The van der Waals surface area contributed by atoms with Gasteiger partial charge in [0.05, 0.1) is 6.26 Å². The van der Waals surface area contributed by atoms with E-state index in [9.17, 15) is 0 Å². The molecule has 3 rings (SSSR count). The van der Waals surface area contributed by atoms with Crippen LogP contribution in [0, 0.1) is 0 Å². The van der Waals surface area contributed by atoms with Crippen LogP contribution in [0.2, 0.25) is 0 Å². The molecule has 0 amide bonds. The fraction of sp³-hybridized carbons (Fsp3) is 0. The van der Waals surface area contributed by atoms with Crippen LogP contribution in [-0.4, -0.2) is 0 Å². The van der Waals surface area contributed by atoms with Crippen molar-refractivity contribution in [1.29, 1.82) is 0 Å². The van der Waals surface area contributed by atoms with E-state index in [1.165, 1.54) is 0 Å². The Balaban J connectivity index is 1.94. The van der Waals surface area contributed by atoms with Crippen LogP contribution in [0.1, 0.15) is 0 Å². The lowest BCUT2D eigenvalue weighted by atomic mass is 10.2. The summed E-state index contributed by atoms with van der Waals surface area (Å²) in [5.74, 6) is 1.66. The lowest BCUT2D eigenvalue weighted by Crippen LogP contribution is -1.82.